The number of carbonyl (C=O) groups is 3. The summed E-state index contributed by atoms with van der Waals surface area (Å²) >= 11 is 7.26. The molecule has 11 heteroatoms. The second kappa shape index (κ2) is 10.8. The van der Waals surface area contributed by atoms with E-state index in [-0.39, 0.29) is 29.6 Å². The van der Waals surface area contributed by atoms with Crippen LogP contribution in [0.25, 0.3) is 0 Å². The molecule has 1 aromatic heterocycles. The number of aromatic nitrogens is 3. The van der Waals surface area contributed by atoms with E-state index in [4.69, 9.17) is 11.6 Å². The summed E-state index contributed by atoms with van der Waals surface area (Å²) in [6.45, 7) is 0. The van der Waals surface area contributed by atoms with E-state index < -0.39 is 5.97 Å². The first kappa shape index (κ1) is 23.3. The molecule has 2 N–H and O–H groups in total. The molecule has 32 heavy (non-hydrogen) atoms. The van der Waals surface area contributed by atoms with Crippen molar-refractivity contribution in [2.24, 2.45) is 7.05 Å². The lowest BCUT2D eigenvalue weighted by Crippen LogP contribution is -2.17. The number of nitrogens with one attached hydrogen (secondary N) is 2. The molecular weight excluding hydrogens is 454 g/mol. The lowest BCUT2D eigenvalue weighted by atomic mass is 10.2. The molecular formula is C21H20ClN5O4S. The summed E-state index contributed by atoms with van der Waals surface area (Å²) < 4.78 is 6.33. The van der Waals surface area contributed by atoms with Gasteiger partial charge in [0.2, 0.25) is 11.8 Å². The average Bonchev–Trinajstić information content (AvgIpc) is 3.13. The zero-order valence-electron chi connectivity index (χ0n) is 17.3. The molecule has 0 unspecified atom stereocenters. The molecule has 0 bridgehead atoms. The van der Waals surface area contributed by atoms with Gasteiger partial charge in [-0.05, 0) is 30.3 Å². The largest absolute Gasteiger partial charge is 0.465 e. The molecule has 166 valence electrons. The van der Waals surface area contributed by atoms with Gasteiger partial charge in [0.15, 0.2) is 5.16 Å². The van der Waals surface area contributed by atoms with Gasteiger partial charge in [-0.1, -0.05) is 41.6 Å². The molecule has 0 radical (unpaired) electrons. The Morgan fingerprint density at radius 1 is 1.06 bits per heavy atom. The van der Waals surface area contributed by atoms with Crippen LogP contribution in [0.2, 0.25) is 5.02 Å². The minimum absolute atomic E-state index is 0.0287. The molecule has 1 heterocycles. The number of para-hydroxylation sites is 1. The van der Waals surface area contributed by atoms with Crippen LogP contribution in [0.15, 0.2) is 53.7 Å². The van der Waals surface area contributed by atoms with Crippen LogP contribution in [-0.4, -0.2) is 45.4 Å². The molecule has 0 saturated heterocycles. The number of thioether (sulfide) groups is 1. The van der Waals surface area contributed by atoms with E-state index in [0.29, 0.717) is 27.4 Å². The molecule has 0 spiro atoms. The van der Waals surface area contributed by atoms with Crippen LogP contribution in [0.5, 0.6) is 0 Å². The van der Waals surface area contributed by atoms with E-state index in [0.717, 1.165) is 11.8 Å². The van der Waals surface area contributed by atoms with E-state index >= 15 is 0 Å². The molecule has 0 atom stereocenters. The Bertz CT molecular complexity index is 1140. The fourth-order valence-corrected chi connectivity index (χ4v) is 3.57. The van der Waals surface area contributed by atoms with Crippen molar-refractivity contribution >= 4 is 52.5 Å². The second-order valence-corrected chi connectivity index (χ2v) is 7.92. The number of hydrogen-bond acceptors (Lipinski definition) is 7. The zero-order valence-corrected chi connectivity index (χ0v) is 18.9. The normalized spacial score (nSPS) is 10.5. The summed E-state index contributed by atoms with van der Waals surface area (Å²) in [6, 6.07) is 13.6. The van der Waals surface area contributed by atoms with Crippen molar-refractivity contribution in [2.45, 2.75) is 11.6 Å². The van der Waals surface area contributed by atoms with Gasteiger partial charge < -0.3 is 19.9 Å². The van der Waals surface area contributed by atoms with E-state index in [1.54, 1.807) is 23.7 Å². The number of benzene rings is 2. The third kappa shape index (κ3) is 6.08. The Kier molecular flexibility index (Phi) is 7.85. The first-order chi connectivity index (χ1) is 15.4. The van der Waals surface area contributed by atoms with E-state index in [9.17, 15) is 14.4 Å². The van der Waals surface area contributed by atoms with Crippen molar-refractivity contribution < 1.29 is 19.1 Å². The Labute approximate surface area is 193 Å². The average molecular weight is 474 g/mol. The van der Waals surface area contributed by atoms with Gasteiger partial charge in [0.1, 0.15) is 5.82 Å². The number of nitrogens with zero attached hydrogens (tertiary/aromatic N) is 3. The number of methoxy groups -OCH3 is 1. The summed E-state index contributed by atoms with van der Waals surface area (Å²) in [7, 11) is 2.99. The molecule has 0 aliphatic heterocycles. The number of ether oxygens (including phenoxy) is 1. The van der Waals surface area contributed by atoms with Crippen molar-refractivity contribution in [1.29, 1.82) is 0 Å². The molecule has 0 fully saturated rings. The Hall–Kier alpha value is -3.37. The van der Waals surface area contributed by atoms with Crippen LogP contribution in [0.1, 0.15) is 16.2 Å². The third-order valence-electron chi connectivity index (χ3n) is 4.30. The van der Waals surface area contributed by atoms with Crippen molar-refractivity contribution in [3.63, 3.8) is 0 Å². The number of anilines is 2. The van der Waals surface area contributed by atoms with Gasteiger partial charge in [0.05, 0.1) is 35.6 Å². The number of hydrogen-bond donors (Lipinski definition) is 2. The molecule has 0 aliphatic carbocycles. The summed E-state index contributed by atoms with van der Waals surface area (Å²) in [4.78, 5) is 36.3. The highest BCUT2D eigenvalue weighted by molar-refractivity contribution is 7.99. The summed E-state index contributed by atoms with van der Waals surface area (Å²) in [5, 5.41) is 14.3. The number of carbonyl (C=O) groups excluding carboxylic acids is 3. The Morgan fingerprint density at radius 3 is 2.53 bits per heavy atom. The number of rotatable bonds is 8. The molecule has 9 nitrogen and oxygen atoms in total. The fraction of sp³-hybridized carbons (Fsp3) is 0.190. The van der Waals surface area contributed by atoms with Crippen LogP contribution in [0.4, 0.5) is 11.4 Å². The quantitative estimate of drug-likeness (QED) is 0.381. The van der Waals surface area contributed by atoms with Gasteiger partial charge in [-0.25, -0.2) is 4.79 Å². The van der Waals surface area contributed by atoms with Crippen molar-refractivity contribution in [3.8, 4) is 0 Å². The van der Waals surface area contributed by atoms with Crippen LogP contribution in [0, 0.1) is 0 Å². The SMILES string of the molecule is COC(=O)c1ccc(Cl)c(NC(=O)CSc2nnc(CC(=O)Nc3ccccc3)n2C)c1. The van der Waals surface area contributed by atoms with E-state index in [1.165, 1.54) is 25.3 Å². The molecule has 2 aromatic carbocycles. The first-order valence-electron chi connectivity index (χ1n) is 9.41. The van der Waals surface area contributed by atoms with Crippen molar-refractivity contribution in [1.82, 2.24) is 14.8 Å². The highest BCUT2D eigenvalue weighted by Gasteiger charge is 2.16. The number of amides is 2. The number of esters is 1. The molecule has 2 amide bonds. The maximum absolute atomic E-state index is 12.4. The van der Waals surface area contributed by atoms with E-state index in [1.807, 2.05) is 18.2 Å². The fourth-order valence-electron chi connectivity index (χ4n) is 2.68. The summed E-state index contributed by atoms with van der Waals surface area (Å²) in [5.41, 5.74) is 1.27. The molecule has 0 aliphatic rings. The highest BCUT2D eigenvalue weighted by Crippen LogP contribution is 2.24. The monoisotopic (exact) mass is 473 g/mol. The van der Waals surface area contributed by atoms with Crippen LogP contribution in [0.3, 0.4) is 0 Å². The van der Waals surface area contributed by atoms with Crippen LogP contribution < -0.4 is 10.6 Å². The van der Waals surface area contributed by atoms with Gasteiger partial charge in [-0.15, -0.1) is 10.2 Å². The van der Waals surface area contributed by atoms with Gasteiger partial charge in [0, 0.05) is 12.7 Å². The lowest BCUT2D eigenvalue weighted by molar-refractivity contribution is -0.116. The maximum atomic E-state index is 12.4. The topological polar surface area (TPSA) is 115 Å². The van der Waals surface area contributed by atoms with Crippen molar-refractivity contribution in [3.05, 3.63) is 64.9 Å². The zero-order chi connectivity index (χ0) is 23.1. The van der Waals surface area contributed by atoms with Gasteiger partial charge in [-0.3, -0.25) is 9.59 Å². The molecule has 3 rings (SSSR count). The highest BCUT2D eigenvalue weighted by atomic mass is 35.5. The minimum Gasteiger partial charge on any atom is -0.465 e. The Balaban J connectivity index is 1.56. The smallest absolute Gasteiger partial charge is 0.337 e. The third-order valence-corrected chi connectivity index (χ3v) is 5.65. The number of halogens is 1. The van der Waals surface area contributed by atoms with Gasteiger partial charge >= 0.3 is 5.97 Å². The summed E-state index contributed by atoms with van der Waals surface area (Å²) in [6.07, 6.45) is 0.0427. The maximum Gasteiger partial charge on any atom is 0.337 e. The van der Waals surface area contributed by atoms with E-state index in [2.05, 4.69) is 25.6 Å². The predicted molar refractivity (Wildman–Crippen MR) is 122 cm³/mol. The Morgan fingerprint density at radius 2 is 1.81 bits per heavy atom. The molecule has 3 aromatic rings. The van der Waals surface area contributed by atoms with Gasteiger partial charge in [0.25, 0.3) is 0 Å². The standard InChI is InChI=1S/C21H20ClN5O4S/c1-27-17(11-18(28)23-14-6-4-3-5-7-14)25-26-21(27)32-12-19(29)24-16-10-13(20(30)31-2)8-9-15(16)22/h3-10H,11-12H2,1-2H3,(H,23,28)(H,24,29). The van der Waals surface area contributed by atoms with Gasteiger partial charge in [-0.2, -0.15) is 0 Å². The first-order valence-corrected chi connectivity index (χ1v) is 10.8. The second-order valence-electron chi connectivity index (χ2n) is 6.57. The summed E-state index contributed by atoms with van der Waals surface area (Å²) in [5.74, 6) is -0.600. The predicted octanol–water partition coefficient (Wildman–Crippen LogP) is 3.17. The van der Waals surface area contributed by atoms with Crippen LogP contribution >= 0.6 is 23.4 Å². The van der Waals surface area contributed by atoms with Crippen LogP contribution in [-0.2, 0) is 27.8 Å². The minimum atomic E-state index is -0.533. The van der Waals surface area contributed by atoms with Crippen molar-refractivity contribution in [2.75, 3.05) is 23.5 Å². The molecule has 0 saturated carbocycles. The lowest BCUT2D eigenvalue weighted by Gasteiger charge is -2.09.